The Morgan fingerprint density at radius 2 is 1.62 bits per heavy atom. The molecule has 3 aromatic carbocycles. The van der Waals surface area contributed by atoms with E-state index in [0.29, 0.717) is 22.1 Å². The van der Waals surface area contributed by atoms with Crippen molar-refractivity contribution in [2.45, 2.75) is 12.1 Å². The van der Waals surface area contributed by atoms with Crippen LogP contribution in [0.1, 0.15) is 11.6 Å². The predicted octanol–water partition coefficient (Wildman–Crippen LogP) is 4.11. The number of hydrogen-bond donors (Lipinski definition) is 1. The molecular formula is C24H19ClN2O5. The number of carbonyl (C=O) groups excluding carboxylic acids is 2. The third-order valence-electron chi connectivity index (χ3n) is 5.76. The number of amides is 2. The minimum Gasteiger partial charge on any atom is -0.508 e. The second kappa shape index (κ2) is 7.85. The molecule has 0 unspecified atom stereocenters. The molecule has 0 spiro atoms. The Labute approximate surface area is 189 Å². The molecule has 5 rings (SSSR count). The monoisotopic (exact) mass is 450 g/mol. The molecule has 2 fully saturated rings. The van der Waals surface area contributed by atoms with Crippen LogP contribution in [0.3, 0.4) is 0 Å². The fraction of sp³-hybridized carbons (Fsp3) is 0.167. The number of fused-ring (bicyclic) bond motifs is 1. The van der Waals surface area contributed by atoms with E-state index in [2.05, 4.69) is 0 Å². The second-order valence-electron chi connectivity index (χ2n) is 7.57. The zero-order chi connectivity index (χ0) is 22.4. The van der Waals surface area contributed by atoms with Crippen molar-refractivity contribution in [2.75, 3.05) is 17.1 Å². The highest BCUT2D eigenvalue weighted by Gasteiger charge is 2.60. The lowest BCUT2D eigenvalue weighted by Gasteiger charge is -2.29. The molecule has 0 aromatic heterocycles. The molecule has 8 heteroatoms. The van der Waals surface area contributed by atoms with Crippen molar-refractivity contribution in [1.82, 2.24) is 0 Å². The van der Waals surface area contributed by atoms with E-state index in [1.165, 1.54) is 7.11 Å². The summed E-state index contributed by atoms with van der Waals surface area (Å²) in [5, 5.41) is 11.9. The standard InChI is InChI=1S/C24H19ClN2O5/c1-31-19-5-3-2-4-18(19)26-23(29)20-21(14-6-12-17(28)13-7-14)27(32-22(20)24(26)30)16-10-8-15(25)9-11-16/h2-13,20-22,28H,1H3/t20-,21-,22-/m0/s1. The van der Waals surface area contributed by atoms with Crippen molar-refractivity contribution in [3.05, 3.63) is 83.4 Å². The number of methoxy groups -OCH3 is 1. The van der Waals surface area contributed by atoms with Crippen LogP contribution in [0.4, 0.5) is 11.4 Å². The molecule has 3 atom stereocenters. The molecule has 1 N–H and O–H groups in total. The lowest BCUT2D eigenvalue weighted by Crippen LogP contribution is -2.37. The maximum absolute atomic E-state index is 13.6. The van der Waals surface area contributed by atoms with Crippen molar-refractivity contribution in [1.29, 1.82) is 0 Å². The Bertz CT molecular complexity index is 1180. The molecule has 2 saturated heterocycles. The van der Waals surface area contributed by atoms with Gasteiger partial charge in [0.05, 0.1) is 24.5 Å². The average Bonchev–Trinajstić information content (AvgIpc) is 3.31. The first-order chi connectivity index (χ1) is 15.5. The number of anilines is 2. The number of aromatic hydroxyl groups is 1. The molecule has 3 aromatic rings. The lowest BCUT2D eigenvalue weighted by atomic mass is 9.90. The number of hydrogen-bond acceptors (Lipinski definition) is 6. The first-order valence-electron chi connectivity index (χ1n) is 10.0. The van der Waals surface area contributed by atoms with Crippen LogP contribution in [0.25, 0.3) is 0 Å². The van der Waals surface area contributed by atoms with Gasteiger partial charge >= 0.3 is 0 Å². The number of rotatable bonds is 4. The quantitative estimate of drug-likeness (QED) is 0.603. The molecule has 2 aliphatic heterocycles. The smallest absolute Gasteiger partial charge is 0.266 e. The SMILES string of the molecule is COc1ccccc1N1C(=O)[C@@H]2[C@H](ON(c3ccc(Cl)cc3)[C@H]2c2ccc(O)cc2)C1=O. The van der Waals surface area contributed by atoms with E-state index < -0.39 is 24.0 Å². The van der Waals surface area contributed by atoms with Crippen LogP contribution in [0.15, 0.2) is 72.8 Å². The topological polar surface area (TPSA) is 79.3 Å². The van der Waals surface area contributed by atoms with Crippen LogP contribution < -0.4 is 14.7 Å². The van der Waals surface area contributed by atoms with E-state index in [-0.39, 0.29) is 11.7 Å². The highest BCUT2D eigenvalue weighted by Crippen LogP contribution is 2.48. The number of ether oxygens (including phenoxy) is 1. The minimum atomic E-state index is -0.998. The van der Waals surface area contributed by atoms with Gasteiger partial charge in [0.1, 0.15) is 17.4 Å². The summed E-state index contributed by atoms with van der Waals surface area (Å²) in [4.78, 5) is 34.2. The van der Waals surface area contributed by atoms with Gasteiger partial charge in [0, 0.05) is 5.02 Å². The summed E-state index contributed by atoms with van der Waals surface area (Å²) in [5.74, 6) is -1.09. The van der Waals surface area contributed by atoms with E-state index in [1.807, 2.05) is 0 Å². The molecule has 162 valence electrons. The van der Waals surface area contributed by atoms with Crippen LogP contribution in [-0.2, 0) is 14.4 Å². The number of benzene rings is 3. The van der Waals surface area contributed by atoms with Crippen LogP contribution >= 0.6 is 11.6 Å². The predicted molar refractivity (Wildman–Crippen MR) is 119 cm³/mol. The van der Waals surface area contributed by atoms with Gasteiger partial charge in [-0.1, -0.05) is 35.9 Å². The van der Waals surface area contributed by atoms with Gasteiger partial charge in [-0.3, -0.25) is 14.4 Å². The Morgan fingerprint density at radius 3 is 2.31 bits per heavy atom. The second-order valence-corrected chi connectivity index (χ2v) is 8.01. The Kier molecular flexibility index (Phi) is 5.00. The molecular weight excluding hydrogens is 432 g/mol. The minimum absolute atomic E-state index is 0.103. The van der Waals surface area contributed by atoms with E-state index in [0.717, 1.165) is 10.5 Å². The number of nitrogens with zero attached hydrogens (tertiary/aromatic N) is 2. The zero-order valence-corrected chi connectivity index (χ0v) is 17.8. The van der Waals surface area contributed by atoms with Gasteiger partial charge in [0.2, 0.25) is 5.91 Å². The van der Waals surface area contributed by atoms with E-state index in [9.17, 15) is 14.7 Å². The summed E-state index contributed by atoms with van der Waals surface area (Å²) >= 11 is 6.03. The van der Waals surface area contributed by atoms with Crippen molar-refractivity contribution >= 4 is 34.8 Å². The van der Waals surface area contributed by atoms with Crippen LogP contribution in [0.5, 0.6) is 11.5 Å². The third-order valence-corrected chi connectivity index (χ3v) is 6.01. The fourth-order valence-corrected chi connectivity index (χ4v) is 4.41. The fourth-order valence-electron chi connectivity index (χ4n) is 4.29. The van der Waals surface area contributed by atoms with Gasteiger partial charge in [-0.25, -0.2) is 9.96 Å². The molecule has 2 heterocycles. The number of hydroxylamine groups is 1. The maximum Gasteiger partial charge on any atom is 0.266 e. The van der Waals surface area contributed by atoms with Crippen molar-refractivity contribution < 1.29 is 24.3 Å². The Morgan fingerprint density at radius 1 is 0.938 bits per heavy atom. The highest BCUT2D eigenvalue weighted by molar-refractivity contribution is 6.30. The highest BCUT2D eigenvalue weighted by atomic mass is 35.5. The van der Waals surface area contributed by atoms with Gasteiger partial charge in [0.15, 0.2) is 6.10 Å². The lowest BCUT2D eigenvalue weighted by molar-refractivity contribution is -0.126. The van der Waals surface area contributed by atoms with Gasteiger partial charge in [0.25, 0.3) is 5.91 Å². The number of phenolic OH excluding ortho intramolecular Hbond substituents is 1. The molecule has 32 heavy (non-hydrogen) atoms. The summed E-state index contributed by atoms with van der Waals surface area (Å²) in [6, 6.07) is 19.8. The third kappa shape index (κ3) is 3.18. The number of halogens is 1. The maximum atomic E-state index is 13.6. The molecule has 2 aliphatic rings. The first kappa shape index (κ1) is 20.4. The van der Waals surface area contributed by atoms with Gasteiger partial charge in [-0.05, 0) is 54.1 Å². The molecule has 2 amide bonds. The number of phenols is 1. The van der Waals surface area contributed by atoms with Crippen molar-refractivity contribution in [3.63, 3.8) is 0 Å². The average molecular weight is 451 g/mol. The number of carbonyl (C=O) groups is 2. The zero-order valence-electron chi connectivity index (χ0n) is 17.0. The summed E-state index contributed by atoms with van der Waals surface area (Å²) < 4.78 is 5.37. The molecule has 0 aliphatic carbocycles. The van der Waals surface area contributed by atoms with E-state index >= 15 is 0 Å². The normalized spacial score (nSPS) is 22.4. The van der Waals surface area contributed by atoms with Crippen molar-refractivity contribution in [2.24, 2.45) is 5.92 Å². The largest absolute Gasteiger partial charge is 0.508 e. The Hall–Kier alpha value is -3.55. The van der Waals surface area contributed by atoms with Crippen LogP contribution in [0, 0.1) is 5.92 Å². The summed E-state index contributed by atoms with van der Waals surface area (Å²) in [6.07, 6.45) is -0.998. The van der Waals surface area contributed by atoms with Crippen LogP contribution in [-0.4, -0.2) is 30.1 Å². The number of imide groups is 1. The van der Waals surface area contributed by atoms with Gasteiger partial charge < -0.3 is 9.84 Å². The molecule has 7 nitrogen and oxygen atoms in total. The summed E-state index contributed by atoms with van der Waals surface area (Å²) in [7, 11) is 1.49. The molecule has 0 saturated carbocycles. The molecule has 0 bridgehead atoms. The summed E-state index contributed by atoms with van der Waals surface area (Å²) in [5.41, 5.74) is 1.77. The Balaban J connectivity index is 1.59. The van der Waals surface area contributed by atoms with Crippen LogP contribution in [0.2, 0.25) is 5.02 Å². The van der Waals surface area contributed by atoms with Gasteiger partial charge in [-0.2, -0.15) is 0 Å². The summed E-state index contributed by atoms with van der Waals surface area (Å²) in [6.45, 7) is 0. The first-order valence-corrected chi connectivity index (χ1v) is 10.4. The van der Waals surface area contributed by atoms with Gasteiger partial charge in [-0.15, -0.1) is 0 Å². The number of para-hydroxylation sites is 2. The van der Waals surface area contributed by atoms with E-state index in [4.69, 9.17) is 21.2 Å². The molecule has 0 radical (unpaired) electrons. The van der Waals surface area contributed by atoms with Crippen molar-refractivity contribution in [3.8, 4) is 11.5 Å². The van der Waals surface area contributed by atoms with E-state index in [1.54, 1.807) is 77.9 Å².